The zero-order chi connectivity index (χ0) is 8.20. The average molecular weight is 135 g/mol. The van der Waals surface area contributed by atoms with Gasteiger partial charge in [-0.3, -0.25) is 0 Å². The Balaban J connectivity index is 3.52. The first kappa shape index (κ1) is 10.6. The SMILES string of the molecule is [Li][CH2]CCN(C)C(C)(C)C. The van der Waals surface area contributed by atoms with Crippen molar-refractivity contribution < 1.29 is 0 Å². The quantitative estimate of drug-likeness (QED) is 0.532. The summed E-state index contributed by atoms with van der Waals surface area (Å²) in [4.78, 5) is 2.40. The van der Waals surface area contributed by atoms with E-state index in [1.807, 2.05) is 0 Å². The van der Waals surface area contributed by atoms with Crippen LogP contribution in [0.5, 0.6) is 0 Å². The summed E-state index contributed by atoms with van der Waals surface area (Å²) < 4.78 is 0. The third kappa shape index (κ3) is 4.39. The van der Waals surface area contributed by atoms with E-state index >= 15 is 0 Å². The Morgan fingerprint density at radius 2 is 1.80 bits per heavy atom. The van der Waals surface area contributed by atoms with Crippen molar-refractivity contribution in [2.45, 2.75) is 37.8 Å². The summed E-state index contributed by atoms with van der Waals surface area (Å²) in [6.07, 6.45) is 1.31. The number of rotatable bonds is 3. The molecule has 0 atom stereocenters. The van der Waals surface area contributed by atoms with Gasteiger partial charge in [0.05, 0.1) is 0 Å². The molecule has 1 nitrogen and oxygen atoms in total. The molecule has 0 aromatic rings. The van der Waals surface area contributed by atoms with E-state index in [-0.39, 0.29) is 0 Å². The van der Waals surface area contributed by atoms with Crippen LogP contribution in [0.4, 0.5) is 0 Å². The second-order valence-electron chi connectivity index (χ2n) is 3.95. The van der Waals surface area contributed by atoms with Crippen LogP contribution in [0.15, 0.2) is 0 Å². The fraction of sp³-hybridized carbons (Fsp3) is 1.00. The van der Waals surface area contributed by atoms with E-state index in [0.29, 0.717) is 5.54 Å². The van der Waals surface area contributed by atoms with E-state index in [2.05, 4.69) is 50.4 Å². The molecule has 0 aliphatic rings. The molecule has 0 aromatic heterocycles. The van der Waals surface area contributed by atoms with Gasteiger partial charge in [0, 0.05) is 0 Å². The molecule has 0 amide bonds. The first-order valence-electron chi connectivity index (χ1n) is 4.19. The second kappa shape index (κ2) is 4.44. The van der Waals surface area contributed by atoms with Crippen LogP contribution in [0, 0.1) is 0 Å². The Morgan fingerprint density at radius 3 is 2.10 bits per heavy atom. The van der Waals surface area contributed by atoms with Gasteiger partial charge in [-0.15, -0.1) is 0 Å². The maximum atomic E-state index is 2.40. The minimum atomic E-state index is 0.342. The monoisotopic (exact) mass is 135 g/mol. The minimum absolute atomic E-state index is 0.342. The summed E-state index contributed by atoms with van der Waals surface area (Å²) in [6, 6.07) is 0. The molecule has 0 saturated carbocycles. The molecular formula is C8H18LiN. The Morgan fingerprint density at radius 1 is 1.30 bits per heavy atom. The summed E-state index contributed by atoms with van der Waals surface area (Å²) >= 11 is 2.23. The molecule has 0 aromatic carbocycles. The van der Waals surface area contributed by atoms with Crippen molar-refractivity contribution in [1.82, 2.24) is 4.90 Å². The van der Waals surface area contributed by atoms with Gasteiger partial charge in [0.2, 0.25) is 0 Å². The van der Waals surface area contributed by atoms with Crippen molar-refractivity contribution in [2.75, 3.05) is 13.6 Å². The second-order valence-corrected chi connectivity index (χ2v) is 3.95. The molecule has 10 heavy (non-hydrogen) atoms. The van der Waals surface area contributed by atoms with Gasteiger partial charge >= 0.3 is 74.0 Å². The van der Waals surface area contributed by atoms with Crippen LogP contribution in [-0.2, 0) is 0 Å². The Bertz CT molecular complexity index is 85.7. The molecule has 0 bridgehead atoms. The first-order valence-corrected chi connectivity index (χ1v) is 4.19. The molecule has 0 saturated heterocycles. The van der Waals surface area contributed by atoms with Crippen molar-refractivity contribution >= 4 is 17.7 Å². The molecule has 2 heteroatoms. The number of nitrogens with zero attached hydrogens (tertiary/aromatic N) is 1. The summed E-state index contributed by atoms with van der Waals surface area (Å²) in [6.45, 7) is 7.98. The van der Waals surface area contributed by atoms with Crippen molar-refractivity contribution in [3.05, 3.63) is 0 Å². The Labute approximate surface area is 74.4 Å². The van der Waals surface area contributed by atoms with Crippen molar-refractivity contribution in [3.63, 3.8) is 0 Å². The van der Waals surface area contributed by atoms with E-state index in [1.54, 1.807) is 0 Å². The van der Waals surface area contributed by atoms with Gasteiger partial charge in [0.25, 0.3) is 0 Å². The molecule has 56 valence electrons. The van der Waals surface area contributed by atoms with Crippen LogP contribution < -0.4 is 0 Å². The maximum absolute atomic E-state index is 2.40. The van der Waals surface area contributed by atoms with Gasteiger partial charge in [-0.2, -0.15) is 0 Å². The third-order valence-corrected chi connectivity index (χ3v) is 1.99. The molecule has 0 radical (unpaired) electrons. The topological polar surface area (TPSA) is 3.24 Å². The standard InChI is InChI=1S/C8H18N.Li/c1-6-7-9(5)8(2,3)4;/h1,6-7H2,2-5H3;. The van der Waals surface area contributed by atoms with Gasteiger partial charge in [0.15, 0.2) is 0 Å². The number of hydrogen-bond donors (Lipinski definition) is 0. The summed E-state index contributed by atoms with van der Waals surface area (Å²) in [5.74, 6) is 0. The summed E-state index contributed by atoms with van der Waals surface area (Å²) in [5.41, 5.74) is 0.342. The van der Waals surface area contributed by atoms with Crippen molar-refractivity contribution in [3.8, 4) is 0 Å². The van der Waals surface area contributed by atoms with Crippen LogP contribution >= 0.6 is 0 Å². The van der Waals surface area contributed by atoms with Gasteiger partial charge < -0.3 is 0 Å². The molecular weight excluding hydrogens is 117 g/mol. The van der Waals surface area contributed by atoms with Crippen LogP contribution in [0.2, 0.25) is 5.09 Å². The van der Waals surface area contributed by atoms with Gasteiger partial charge in [-0.05, 0) is 0 Å². The predicted octanol–water partition coefficient (Wildman–Crippen LogP) is 1.69. The third-order valence-electron chi connectivity index (χ3n) is 1.99. The van der Waals surface area contributed by atoms with E-state index in [0.717, 1.165) is 0 Å². The number of hydrogen-bond acceptors (Lipinski definition) is 1. The van der Waals surface area contributed by atoms with Crippen molar-refractivity contribution in [2.24, 2.45) is 0 Å². The normalized spacial score (nSPS) is 12.7. The fourth-order valence-corrected chi connectivity index (χ4v) is 0.731. The van der Waals surface area contributed by atoms with Crippen LogP contribution in [0.3, 0.4) is 0 Å². The van der Waals surface area contributed by atoms with E-state index in [9.17, 15) is 0 Å². The zero-order valence-electron chi connectivity index (χ0n) is 8.07. The summed E-state index contributed by atoms with van der Waals surface area (Å²) in [7, 11) is 2.19. The Kier molecular flexibility index (Phi) is 4.69. The molecule has 0 aliphatic carbocycles. The van der Waals surface area contributed by atoms with Gasteiger partial charge in [0.1, 0.15) is 0 Å². The van der Waals surface area contributed by atoms with E-state index < -0.39 is 0 Å². The van der Waals surface area contributed by atoms with E-state index in [4.69, 9.17) is 0 Å². The fourth-order valence-electron chi connectivity index (χ4n) is 0.731. The molecule has 0 unspecified atom stereocenters. The zero-order valence-corrected chi connectivity index (χ0v) is 8.07. The van der Waals surface area contributed by atoms with Crippen LogP contribution in [-0.4, -0.2) is 41.7 Å². The molecule has 0 spiro atoms. The first-order chi connectivity index (χ1) is 4.48. The molecule has 0 aliphatic heterocycles. The van der Waals surface area contributed by atoms with Crippen LogP contribution in [0.25, 0.3) is 0 Å². The summed E-state index contributed by atoms with van der Waals surface area (Å²) in [5, 5.41) is 1.29. The average Bonchev–Trinajstić information content (AvgIpc) is 1.80. The molecule has 0 fully saturated rings. The molecule has 0 N–H and O–H groups in total. The van der Waals surface area contributed by atoms with Crippen LogP contribution in [0.1, 0.15) is 27.2 Å². The molecule has 0 heterocycles. The molecule has 0 rings (SSSR count). The van der Waals surface area contributed by atoms with Gasteiger partial charge in [-0.25, -0.2) is 0 Å². The predicted molar refractivity (Wildman–Crippen MR) is 47.6 cm³/mol. The van der Waals surface area contributed by atoms with Gasteiger partial charge in [-0.1, -0.05) is 0 Å². The Hall–Kier alpha value is 0.557. The van der Waals surface area contributed by atoms with Crippen molar-refractivity contribution in [1.29, 1.82) is 0 Å². The van der Waals surface area contributed by atoms with E-state index in [1.165, 1.54) is 18.1 Å².